The summed E-state index contributed by atoms with van der Waals surface area (Å²) in [6.45, 7) is 3.83. The van der Waals surface area contributed by atoms with Gasteiger partial charge in [-0.05, 0) is 12.5 Å². The summed E-state index contributed by atoms with van der Waals surface area (Å²) in [6, 6.07) is 9.67. The Morgan fingerprint density at radius 2 is 2.05 bits per heavy atom. The molecule has 0 spiro atoms. The second-order valence-corrected chi connectivity index (χ2v) is 5.02. The molecule has 0 saturated heterocycles. The lowest BCUT2D eigenvalue weighted by Crippen LogP contribution is -2.25. The van der Waals surface area contributed by atoms with Crippen LogP contribution in [-0.4, -0.2) is 13.1 Å². The monoisotopic (exact) mass is 298 g/mol. The number of rotatable bonds is 3. The first-order chi connectivity index (χ1) is 10.5. The minimum Gasteiger partial charge on any atom is -0.466 e. The van der Waals surface area contributed by atoms with Gasteiger partial charge in [-0.2, -0.15) is 5.26 Å². The number of carbonyl (C=O) groups excluding carboxylic acids is 1. The SMILES string of the molecule is CCC1=C(C(=O)OC)C(c2ccc(C)cc2)C(C#N)=C(N)O1. The van der Waals surface area contributed by atoms with Gasteiger partial charge in [-0.1, -0.05) is 36.8 Å². The summed E-state index contributed by atoms with van der Waals surface area (Å²) in [6.07, 6.45) is 0.478. The van der Waals surface area contributed by atoms with Crippen LogP contribution in [0.1, 0.15) is 30.4 Å². The van der Waals surface area contributed by atoms with Crippen LogP contribution in [0.2, 0.25) is 0 Å². The van der Waals surface area contributed by atoms with E-state index in [0.29, 0.717) is 17.8 Å². The zero-order valence-corrected chi connectivity index (χ0v) is 12.8. The van der Waals surface area contributed by atoms with Crippen molar-refractivity contribution in [1.82, 2.24) is 0 Å². The van der Waals surface area contributed by atoms with Crippen LogP contribution >= 0.6 is 0 Å². The number of allylic oxidation sites excluding steroid dienone is 2. The molecule has 1 aromatic rings. The van der Waals surface area contributed by atoms with Crippen molar-refractivity contribution in [3.8, 4) is 6.07 Å². The Hall–Kier alpha value is -2.74. The molecular formula is C17H18N2O3. The molecular weight excluding hydrogens is 280 g/mol. The Kier molecular flexibility index (Phi) is 4.52. The summed E-state index contributed by atoms with van der Waals surface area (Å²) in [5, 5.41) is 9.44. The van der Waals surface area contributed by atoms with E-state index in [2.05, 4.69) is 6.07 Å². The number of hydrogen-bond acceptors (Lipinski definition) is 5. The fraction of sp³-hybridized carbons (Fsp3) is 0.294. The highest BCUT2D eigenvalue weighted by Crippen LogP contribution is 2.40. The Balaban J connectivity index is 2.66. The molecule has 1 aliphatic heterocycles. The van der Waals surface area contributed by atoms with Crippen molar-refractivity contribution in [2.45, 2.75) is 26.2 Å². The number of hydrogen-bond donors (Lipinski definition) is 1. The summed E-state index contributed by atoms with van der Waals surface area (Å²) >= 11 is 0. The fourth-order valence-corrected chi connectivity index (χ4v) is 2.51. The standard InChI is InChI=1S/C17H18N2O3/c1-4-13-15(17(20)21-3)14(12(9-18)16(19)22-13)11-7-5-10(2)6-8-11/h5-8,14H,4,19H2,1-3H3. The highest BCUT2D eigenvalue weighted by molar-refractivity contribution is 5.92. The maximum absolute atomic E-state index is 12.2. The van der Waals surface area contributed by atoms with Gasteiger partial charge in [0.1, 0.15) is 17.4 Å². The number of carbonyl (C=O) groups is 1. The number of nitriles is 1. The third-order valence-electron chi connectivity index (χ3n) is 3.63. The summed E-state index contributed by atoms with van der Waals surface area (Å²) in [4.78, 5) is 12.2. The second kappa shape index (κ2) is 6.35. The topological polar surface area (TPSA) is 85.3 Å². The van der Waals surface area contributed by atoms with Crippen LogP contribution in [0, 0.1) is 18.3 Å². The molecule has 2 N–H and O–H groups in total. The summed E-state index contributed by atoms with van der Waals surface area (Å²) < 4.78 is 10.3. The summed E-state index contributed by atoms with van der Waals surface area (Å²) in [5.41, 5.74) is 8.32. The van der Waals surface area contributed by atoms with Crippen molar-refractivity contribution in [2.75, 3.05) is 7.11 Å². The van der Waals surface area contributed by atoms with E-state index in [1.54, 1.807) is 0 Å². The Labute approximate surface area is 129 Å². The molecule has 2 rings (SSSR count). The smallest absolute Gasteiger partial charge is 0.338 e. The molecule has 5 heteroatoms. The third kappa shape index (κ3) is 2.68. The number of esters is 1. The largest absolute Gasteiger partial charge is 0.466 e. The van der Waals surface area contributed by atoms with Crippen molar-refractivity contribution >= 4 is 5.97 Å². The van der Waals surface area contributed by atoms with Gasteiger partial charge in [0.15, 0.2) is 0 Å². The highest BCUT2D eigenvalue weighted by Gasteiger charge is 2.36. The molecule has 0 aromatic heterocycles. The van der Waals surface area contributed by atoms with Gasteiger partial charge in [-0.15, -0.1) is 0 Å². The quantitative estimate of drug-likeness (QED) is 0.867. The van der Waals surface area contributed by atoms with Crippen LogP contribution in [0.3, 0.4) is 0 Å². The first kappa shape index (κ1) is 15.6. The molecule has 1 heterocycles. The molecule has 0 saturated carbocycles. The summed E-state index contributed by atoms with van der Waals surface area (Å²) in [7, 11) is 1.31. The van der Waals surface area contributed by atoms with Crippen molar-refractivity contribution in [3.05, 3.63) is 58.2 Å². The zero-order valence-electron chi connectivity index (χ0n) is 12.8. The average molecular weight is 298 g/mol. The number of aryl methyl sites for hydroxylation is 1. The van der Waals surface area contributed by atoms with Gasteiger partial charge in [-0.25, -0.2) is 4.79 Å². The molecule has 0 aliphatic carbocycles. The van der Waals surface area contributed by atoms with Crippen LogP contribution in [0.4, 0.5) is 0 Å². The van der Waals surface area contributed by atoms with Gasteiger partial charge < -0.3 is 15.2 Å². The number of ether oxygens (including phenoxy) is 2. The van der Waals surface area contributed by atoms with Crippen molar-refractivity contribution in [3.63, 3.8) is 0 Å². The minimum absolute atomic E-state index is 0.0394. The normalized spacial score (nSPS) is 17.8. The van der Waals surface area contributed by atoms with E-state index in [1.807, 2.05) is 38.1 Å². The van der Waals surface area contributed by atoms with E-state index in [-0.39, 0.29) is 11.5 Å². The van der Waals surface area contributed by atoms with E-state index >= 15 is 0 Å². The van der Waals surface area contributed by atoms with Gasteiger partial charge in [0.05, 0.1) is 18.6 Å². The van der Waals surface area contributed by atoms with Crippen LogP contribution in [-0.2, 0) is 14.3 Å². The molecule has 1 aliphatic rings. The van der Waals surface area contributed by atoms with Gasteiger partial charge in [0.2, 0.25) is 5.88 Å². The number of benzene rings is 1. The zero-order chi connectivity index (χ0) is 16.3. The number of nitrogens with zero attached hydrogens (tertiary/aromatic N) is 1. The lowest BCUT2D eigenvalue weighted by Gasteiger charge is -2.27. The third-order valence-corrected chi connectivity index (χ3v) is 3.63. The maximum Gasteiger partial charge on any atom is 0.338 e. The molecule has 114 valence electrons. The Morgan fingerprint density at radius 3 is 2.55 bits per heavy atom. The number of nitrogens with two attached hydrogens (primary N) is 1. The molecule has 0 bridgehead atoms. The molecule has 1 atom stereocenters. The first-order valence-corrected chi connectivity index (χ1v) is 6.99. The maximum atomic E-state index is 12.2. The second-order valence-electron chi connectivity index (χ2n) is 5.02. The van der Waals surface area contributed by atoms with Crippen LogP contribution in [0.15, 0.2) is 47.1 Å². The predicted molar refractivity (Wildman–Crippen MR) is 81.2 cm³/mol. The molecule has 0 radical (unpaired) electrons. The van der Waals surface area contributed by atoms with Gasteiger partial charge >= 0.3 is 5.97 Å². The van der Waals surface area contributed by atoms with E-state index in [1.165, 1.54) is 7.11 Å². The van der Waals surface area contributed by atoms with E-state index in [9.17, 15) is 10.1 Å². The molecule has 0 fully saturated rings. The molecule has 1 aromatic carbocycles. The van der Waals surface area contributed by atoms with E-state index < -0.39 is 11.9 Å². The Bertz CT molecular complexity index is 694. The minimum atomic E-state index is -0.568. The van der Waals surface area contributed by atoms with Crippen molar-refractivity contribution in [1.29, 1.82) is 5.26 Å². The Morgan fingerprint density at radius 1 is 1.41 bits per heavy atom. The van der Waals surface area contributed by atoms with E-state index in [0.717, 1.165) is 11.1 Å². The van der Waals surface area contributed by atoms with Crippen molar-refractivity contribution < 1.29 is 14.3 Å². The van der Waals surface area contributed by atoms with Gasteiger partial charge in [-0.3, -0.25) is 0 Å². The highest BCUT2D eigenvalue weighted by atomic mass is 16.5. The lowest BCUT2D eigenvalue weighted by atomic mass is 9.82. The molecule has 1 unspecified atom stereocenters. The van der Waals surface area contributed by atoms with Gasteiger partial charge in [0, 0.05) is 6.42 Å². The summed E-state index contributed by atoms with van der Waals surface area (Å²) in [5.74, 6) is -0.601. The van der Waals surface area contributed by atoms with Crippen LogP contribution in [0.5, 0.6) is 0 Å². The average Bonchev–Trinajstić information content (AvgIpc) is 2.53. The number of methoxy groups -OCH3 is 1. The molecule has 5 nitrogen and oxygen atoms in total. The molecule has 0 amide bonds. The van der Waals surface area contributed by atoms with Gasteiger partial charge in [0.25, 0.3) is 0 Å². The predicted octanol–water partition coefficient (Wildman–Crippen LogP) is 2.64. The fourth-order valence-electron chi connectivity index (χ4n) is 2.51. The van der Waals surface area contributed by atoms with Crippen LogP contribution in [0.25, 0.3) is 0 Å². The first-order valence-electron chi connectivity index (χ1n) is 6.99. The van der Waals surface area contributed by atoms with Crippen molar-refractivity contribution in [2.24, 2.45) is 5.73 Å². The van der Waals surface area contributed by atoms with Crippen LogP contribution < -0.4 is 5.73 Å². The lowest BCUT2D eigenvalue weighted by molar-refractivity contribution is -0.136. The molecule has 22 heavy (non-hydrogen) atoms. The van der Waals surface area contributed by atoms with E-state index in [4.69, 9.17) is 15.2 Å².